The van der Waals surface area contributed by atoms with Gasteiger partial charge in [-0.05, 0) is 19.9 Å². The van der Waals surface area contributed by atoms with Gasteiger partial charge in [-0.2, -0.15) is 0 Å². The van der Waals surface area contributed by atoms with E-state index in [1.165, 1.54) is 12.1 Å². The van der Waals surface area contributed by atoms with Gasteiger partial charge in [0.2, 0.25) is 5.91 Å². The van der Waals surface area contributed by atoms with Gasteiger partial charge in [0.15, 0.2) is 0 Å². The number of hydrogen-bond acceptors (Lipinski definition) is 2. The quantitative estimate of drug-likeness (QED) is 0.880. The summed E-state index contributed by atoms with van der Waals surface area (Å²) >= 11 is 11.7. The molecule has 4 nitrogen and oxygen atoms in total. The van der Waals surface area contributed by atoms with Gasteiger partial charge in [0.05, 0.1) is 21.9 Å². The monoisotopic (exact) mass is 317 g/mol. The number of imidazole rings is 1. The lowest BCUT2D eigenvalue weighted by atomic mass is 9.99. The zero-order chi connectivity index (χ0) is 15.1. The summed E-state index contributed by atoms with van der Waals surface area (Å²) in [6.07, 6.45) is 0.0899. The molecule has 1 amide bonds. The molecule has 1 aromatic heterocycles. The number of fused-ring (bicyclic) bond motifs is 1. The van der Waals surface area contributed by atoms with E-state index in [4.69, 9.17) is 28.9 Å². The average molecular weight is 318 g/mol. The maximum absolute atomic E-state index is 13.7. The fourth-order valence-corrected chi connectivity index (χ4v) is 2.73. The van der Waals surface area contributed by atoms with Crippen LogP contribution in [0.3, 0.4) is 0 Å². The largest absolute Gasteiger partial charge is 0.370 e. The van der Waals surface area contributed by atoms with Gasteiger partial charge in [-0.15, -0.1) is 11.6 Å². The Labute approximate surface area is 125 Å². The summed E-state index contributed by atoms with van der Waals surface area (Å²) in [7, 11) is 0. The van der Waals surface area contributed by atoms with E-state index in [0.29, 0.717) is 16.9 Å². The Morgan fingerprint density at radius 2 is 2.15 bits per heavy atom. The van der Waals surface area contributed by atoms with Crippen LogP contribution in [0.4, 0.5) is 4.39 Å². The van der Waals surface area contributed by atoms with Crippen molar-refractivity contribution < 1.29 is 9.18 Å². The number of aromatic nitrogens is 2. The molecule has 2 aromatic rings. The number of benzene rings is 1. The number of hydrogen-bond donors (Lipinski definition) is 1. The smallest absolute Gasteiger partial charge is 0.219 e. The van der Waals surface area contributed by atoms with Crippen LogP contribution < -0.4 is 5.73 Å². The van der Waals surface area contributed by atoms with E-state index >= 15 is 0 Å². The predicted molar refractivity (Wildman–Crippen MR) is 77.4 cm³/mol. The molecule has 0 unspecified atom stereocenters. The maximum atomic E-state index is 13.7. The number of alkyl halides is 1. The summed E-state index contributed by atoms with van der Waals surface area (Å²) in [6, 6.07) is 2.74. The molecule has 0 radical (unpaired) electrons. The first-order valence-electron chi connectivity index (χ1n) is 5.97. The molecule has 0 saturated carbocycles. The summed E-state index contributed by atoms with van der Waals surface area (Å²) < 4.78 is 15.4. The molecule has 1 heterocycles. The minimum Gasteiger partial charge on any atom is -0.370 e. The number of amides is 1. The topological polar surface area (TPSA) is 60.9 Å². The first-order chi connectivity index (χ1) is 9.26. The molecular formula is C13H14Cl2FN3O. The highest BCUT2D eigenvalue weighted by Gasteiger charge is 2.28. The first-order valence-corrected chi connectivity index (χ1v) is 6.88. The van der Waals surface area contributed by atoms with Gasteiger partial charge in [-0.3, -0.25) is 4.79 Å². The van der Waals surface area contributed by atoms with Gasteiger partial charge in [-0.1, -0.05) is 11.6 Å². The van der Waals surface area contributed by atoms with E-state index in [2.05, 4.69) is 4.98 Å². The van der Waals surface area contributed by atoms with Crippen LogP contribution in [0, 0.1) is 5.82 Å². The van der Waals surface area contributed by atoms with Crippen LogP contribution >= 0.6 is 23.2 Å². The van der Waals surface area contributed by atoms with Crippen molar-refractivity contribution in [3.05, 3.63) is 28.8 Å². The molecule has 2 N–H and O–H groups in total. The number of nitrogens with zero attached hydrogens (tertiary/aromatic N) is 2. The van der Waals surface area contributed by atoms with E-state index in [0.717, 1.165) is 0 Å². The Balaban J connectivity index is 2.72. The van der Waals surface area contributed by atoms with Gasteiger partial charge in [0.25, 0.3) is 0 Å². The molecule has 0 fully saturated rings. The molecule has 0 aliphatic carbocycles. The van der Waals surface area contributed by atoms with Crippen molar-refractivity contribution in [2.45, 2.75) is 31.7 Å². The lowest BCUT2D eigenvalue weighted by molar-refractivity contribution is -0.119. The second-order valence-electron chi connectivity index (χ2n) is 5.21. The predicted octanol–water partition coefficient (Wildman–Crippen LogP) is 3.18. The van der Waals surface area contributed by atoms with E-state index < -0.39 is 17.3 Å². The number of carbonyl (C=O) groups is 1. The van der Waals surface area contributed by atoms with Gasteiger partial charge in [-0.25, -0.2) is 9.37 Å². The molecule has 2 rings (SSSR count). The molecule has 0 aliphatic rings. The molecular weight excluding hydrogens is 304 g/mol. The van der Waals surface area contributed by atoms with Crippen molar-refractivity contribution in [1.29, 1.82) is 0 Å². The number of nitrogens with two attached hydrogens (primary N) is 1. The fourth-order valence-electron chi connectivity index (χ4n) is 2.39. The third-order valence-corrected chi connectivity index (χ3v) is 3.63. The second-order valence-corrected chi connectivity index (χ2v) is 5.88. The summed E-state index contributed by atoms with van der Waals surface area (Å²) in [4.78, 5) is 15.6. The van der Waals surface area contributed by atoms with Crippen molar-refractivity contribution >= 4 is 40.1 Å². The molecule has 0 atom stereocenters. The van der Waals surface area contributed by atoms with Crippen LogP contribution in [0.1, 0.15) is 26.1 Å². The fraction of sp³-hybridized carbons (Fsp3) is 0.385. The highest BCUT2D eigenvalue weighted by molar-refractivity contribution is 6.31. The molecule has 20 heavy (non-hydrogen) atoms. The van der Waals surface area contributed by atoms with Crippen molar-refractivity contribution in [2.75, 3.05) is 0 Å². The first kappa shape index (κ1) is 15.1. The van der Waals surface area contributed by atoms with Crippen LogP contribution in [0.15, 0.2) is 12.1 Å². The zero-order valence-electron chi connectivity index (χ0n) is 11.1. The van der Waals surface area contributed by atoms with Crippen LogP contribution in [0.5, 0.6) is 0 Å². The molecule has 0 bridgehead atoms. The maximum Gasteiger partial charge on any atom is 0.219 e. The van der Waals surface area contributed by atoms with Crippen LogP contribution in [-0.2, 0) is 16.2 Å². The minimum atomic E-state index is -0.662. The average Bonchev–Trinajstić information content (AvgIpc) is 2.66. The Bertz CT molecular complexity index is 682. The summed E-state index contributed by atoms with van der Waals surface area (Å²) in [5.41, 5.74) is 5.68. The second kappa shape index (κ2) is 5.22. The molecule has 108 valence electrons. The number of carbonyl (C=O) groups excluding carboxylic acids is 1. The van der Waals surface area contributed by atoms with Crippen LogP contribution in [0.25, 0.3) is 11.0 Å². The van der Waals surface area contributed by atoms with E-state index in [1.807, 2.05) is 13.8 Å². The molecule has 0 spiro atoms. The number of rotatable bonds is 4. The van der Waals surface area contributed by atoms with Crippen LogP contribution in [0.2, 0.25) is 5.02 Å². The molecule has 7 heteroatoms. The van der Waals surface area contributed by atoms with Gasteiger partial charge in [0, 0.05) is 18.0 Å². The number of halogens is 3. The minimum absolute atomic E-state index is 0.00372. The Morgan fingerprint density at radius 3 is 2.70 bits per heavy atom. The van der Waals surface area contributed by atoms with Crippen molar-refractivity contribution in [1.82, 2.24) is 9.55 Å². The van der Waals surface area contributed by atoms with Gasteiger partial charge >= 0.3 is 0 Å². The highest BCUT2D eigenvalue weighted by atomic mass is 35.5. The van der Waals surface area contributed by atoms with E-state index in [-0.39, 0.29) is 17.3 Å². The summed E-state index contributed by atoms with van der Waals surface area (Å²) in [6.45, 7) is 3.64. The molecule has 1 aromatic carbocycles. The Kier molecular flexibility index (Phi) is 3.93. The summed E-state index contributed by atoms with van der Waals surface area (Å²) in [5.74, 6) is -0.325. The molecule has 0 saturated heterocycles. The lowest BCUT2D eigenvalue weighted by Gasteiger charge is -2.28. The Morgan fingerprint density at radius 1 is 1.50 bits per heavy atom. The SMILES string of the molecule is CC(C)(CC(N)=O)n1c(CCl)nc2cc(Cl)c(F)cc21. The molecule has 0 aliphatic heterocycles. The standard InChI is InChI=1S/C13H14Cl2FN3O/c1-13(2,5-11(17)20)19-10-4-8(16)7(15)3-9(10)18-12(19)6-14/h3-4H,5-6H2,1-2H3,(H2,17,20). The normalized spacial score (nSPS) is 12.1. The third-order valence-electron chi connectivity index (χ3n) is 3.10. The van der Waals surface area contributed by atoms with Crippen molar-refractivity contribution in [2.24, 2.45) is 5.73 Å². The van der Waals surface area contributed by atoms with Crippen LogP contribution in [-0.4, -0.2) is 15.5 Å². The van der Waals surface area contributed by atoms with Crippen molar-refractivity contribution in [3.8, 4) is 0 Å². The van der Waals surface area contributed by atoms with E-state index in [1.54, 1.807) is 4.57 Å². The zero-order valence-corrected chi connectivity index (χ0v) is 12.6. The van der Waals surface area contributed by atoms with Crippen molar-refractivity contribution in [3.63, 3.8) is 0 Å². The lowest BCUT2D eigenvalue weighted by Crippen LogP contribution is -2.33. The third kappa shape index (κ3) is 2.60. The highest BCUT2D eigenvalue weighted by Crippen LogP contribution is 2.31. The number of primary amides is 1. The summed E-state index contributed by atoms with van der Waals surface area (Å²) in [5, 5.41) is -0.00372. The van der Waals surface area contributed by atoms with E-state index in [9.17, 15) is 9.18 Å². The van der Waals surface area contributed by atoms with Gasteiger partial charge < -0.3 is 10.3 Å². The van der Waals surface area contributed by atoms with Gasteiger partial charge in [0.1, 0.15) is 11.6 Å². The Hall–Kier alpha value is -1.33.